The maximum atomic E-state index is 12.3. The highest BCUT2D eigenvalue weighted by Crippen LogP contribution is 2.34. The number of carbonyl (C=O) groups is 1. The normalized spacial score (nSPS) is 14.2. The molecule has 1 aromatic carbocycles. The van der Waals surface area contributed by atoms with Gasteiger partial charge in [-0.1, -0.05) is 44.5 Å². The largest absolute Gasteiger partial charge is 0.573 e. The molecular weight excluding hydrogens is 431 g/mol. The van der Waals surface area contributed by atoms with Crippen molar-refractivity contribution in [3.05, 3.63) is 46.6 Å². The Hall–Kier alpha value is -2.48. The number of fused-ring (bicyclic) bond motifs is 1. The quantitative estimate of drug-likeness (QED) is 0.604. The van der Waals surface area contributed by atoms with Crippen LogP contribution < -0.4 is 15.0 Å². The lowest BCUT2D eigenvalue weighted by molar-refractivity contribution is -0.274. The Morgan fingerprint density at radius 3 is 2.52 bits per heavy atom. The number of benzene rings is 1. The minimum atomic E-state index is -4.71. The van der Waals surface area contributed by atoms with Gasteiger partial charge in [0, 0.05) is 19.5 Å². The lowest BCUT2D eigenvalue weighted by atomic mass is 9.92. The first-order valence-corrected chi connectivity index (χ1v) is 10.4. The molecule has 0 bridgehead atoms. The van der Waals surface area contributed by atoms with E-state index < -0.39 is 6.36 Å². The van der Waals surface area contributed by atoms with Gasteiger partial charge in [-0.25, -0.2) is 4.98 Å². The summed E-state index contributed by atoms with van der Waals surface area (Å²) in [6.45, 7) is 7.20. The zero-order valence-electron chi connectivity index (χ0n) is 17.6. The molecule has 0 atom stereocenters. The summed E-state index contributed by atoms with van der Waals surface area (Å²) in [4.78, 5) is 18.9. The van der Waals surface area contributed by atoms with E-state index in [0.29, 0.717) is 23.8 Å². The number of pyridine rings is 1. The average Bonchev–Trinajstić information content (AvgIpc) is 2.62. The van der Waals surface area contributed by atoms with Gasteiger partial charge in [0.25, 0.3) is 0 Å². The van der Waals surface area contributed by atoms with Gasteiger partial charge >= 0.3 is 6.36 Å². The van der Waals surface area contributed by atoms with Gasteiger partial charge < -0.3 is 15.0 Å². The summed E-state index contributed by atoms with van der Waals surface area (Å²) in [5.41, 5.74) is 2.38. The number of hydrogen-bond donors (Lipinski definition) is 1. The fraction of sp³-hybridized carbons (Fsp3) is 0.455. The van der Waals surface area contributed by atoms with E-state index in [1.54, 1.807) is 18.2 Å². The van der Waals surface area contributed by atoms with Crippen molar-refractivity contribution >= 4 is 29.0 Å². The number of nitrogens with one attached hydrogen (secondary N) is 1. The summed E-state index contributed by atoms with van der Waals surface area (Å²) in [7, 11) is 0. The second-order valence-corrected chi connectivity index (χ2v) is 9.19. The Kier molecular flexibility index (Phi) is 6.69. The van der Waals surface area contributed by atoms with Crippen LogP contribution in [0.15, 0.2) is 30.3 Å². The minimum Gasteiger partial charge on any atom is -0.406 e. The first-order chi connectivity index (χ1) is 14.4. The van der Waals surface area contributed by atoms with Crippen molar-refractivity contribution in [3.63, 3.8) is 0 Å². The zero-order chi connectivity index (χ0) is 22.8. The maximum Gasteiger partial charge on any atom is 0.573 e. The molecule has 168 valence electrons. The Bertz CT molecular complexity index is 941. The van der Waals surface area contributed by atoms with Crippen molar-refractivity contribution < 1.29 is 22.7 Å². The zero-order valence-corrected chi connectivity index (χ0v) is 18.4. The van der Waals surface area contributed by atoms with Crippen molar-refractivity contribution in [1.29, 1.82) is 0 Å². The molecule has 3 rings (SSSR count). The lowest BCUT2D eigenvalue weighted by Crippen LogP contribution is -2.30. The number of amides is 1. The Balaban J connectivity index is 1.74. The van der Waals surface area contributed by atoms with Crippen LogP contribution in [-0.4, -0.2) is 23.8 Å². The first-order valence-electron chi connectivity index (χ1n) is 9.98. The van der Waals surface area contributed by atoms with E-state index in [1.807, 2.05) is 20.8 Å². The predicted octanol–water partition coefficient (Wildman–Crippen LogP) is 5.96. The van der Waals surface area contributed by atoms with Crippen LogP contribution in [0.4, 0.5) is 24.7 Å². The highest BCUT2D eigenvalue weighted by Gasteiger charge is 2.31. The SMILES string of the molecule is CC(C)(C)CC(=O)Nc1nc2c(cc1Cl)N(Cc1ccc(OC(F)(F)F)cc1)CCC2. The van der Waals surface area contributed by atoms with Gasteiger partial charge in [0.2, 0.25) is 5.91 Å². The number of ether oxygens (including phenoxy) is 1. The van der Waals surface area contributed by atoms with Crippen molar-refractivity contribution in [2.24, 2.45) is 5.41 Å². The third-order valence-electron chi connectivity index (χ3n) is 4.69. The highest BCUT2D eigenvalue weighted by atomic mass is 35.5. The van der Waals surface area contributed by atoms with Crippen molar-refractivity contribution in [3.8, 4) is 5.75 Å². The van der Waals surface area contributed by atoms with Crippen LogP contribution in [0.5, 0.6) is 5.75 Å². The fourth-order valence-corrected chi connectivity index (χ4v) is 3.65. The van der Waals surface area contributed by atoms with E-state index in [2.05, 4.69) is 19.9 Å². The van der Waals surface area contributed by atoms with Crippen LogP contribution in [0.25, 0.3) is 0 Å². The molecule has 31 heavy (non-hydrogen) atoms. The average molecular weight is 456 g/mol. The third-order valence-corrected chi connectivity index (χ3v) is 4.98. The van der Waals surface area contributed by atoms with E-state index in [9.17, 15) is 18.0 Å². The molecule has 0 spiro atoms. The number of carbonyl (C=O) groups excluding carboxylic acids is 1. The standard InChI is InChI=1S/C22H25ClF3N3O2/c1-21(2,3)12-19(30)28-20-16(23)11-18-17(27-20)5-4-10-29(18)13-14-6-8-15(9-7-14)31-22(24,25)26/h6-9,11H,4-5,10,12-13H2,1-3H3,(H,27,28,30). The first kappa shape index (κ1) is 23.2. The number of aromatic nitrogens is 1. The molecule has 1 aliphatic heterocycles. The summed E-state index contributed by atoms with van der Waals surface area (Å²) in [5, 5.41) is 3.15. The van der Waals surface area contributed by atoms with Crippen molar-refractivity contribution in [2.45, 2.75) is 52.9 Å². The summed E-state index contributed by atoms with van der Waals surface area (Å²) in [6, 6.07) is 7.59. The number of anilines is 2. The number of halogens is 4. The fourth-order valence-electron chi connectivity index (χ4n) is 3.46. The predicted molar refractivity (Wildman–Crippen MR) is 114 cm³/mol. The van der Waals surface area contributed by atoms with Crippen LogP contribution in [0, 0.1) is 5.41 Å². The smallest absolute Gasteiger partial charge is 0.406 e. The number of alkyl halides is 3. The topological polar surface area (TPSA) is 54.5 Å². The Morgan fingerprint density at radius 2 is 1.90 bits per heavy atom. The minimum absolute atomic E-state index is 0.143. The van der Waals surface area contributed by atoms with Crippen molar-refractivity contribution in [2.75, 3.05) is 16.8 Å². The molecule has 5 nitrogen and oxygen atoms in total. The second-order valence-electron chi connectivity index (χ2n) is 8.79. The molecule has 2 aromatic rings. The van der Waals surface area contributed by atoms with Gasteiger partial charge in [-0.05, 0) is 42.0 Å². The van der Waals surface area contributed by atoms with E-state index >= 15 is 0 Å². The molecular formula is C22H25ClF3N3O2. The maximum absolute atomic E-state index is 12.3. The summed E-state index contributed by atoms with van der Waals surface area (Å²) < 4.78 is 40.9. The number of nitrogens with zero attached hydrogens (tertiary/aromatic N) is 2. The molecule has 0 radical (unpaired) electrons. The molecule has 1 N–H and O–H groups in total. The molecule has 0 saturated heterocycles. The number of aryl methyl sites for hydroxylation is 1. The van der Waals surface area contributed by atoms with Crippen LogP contribution in [0.2, 0.25) is 5.02 Å². The molecule has 1 amide bonds. The summed E-state index contributed by atoms with van der Waals surface area (Å²) >= 11 is 6.40. The Labute approximate surface area is 184 Å². The van der Waals surface area contributed by atoms with E-state index in [-0.39, 0.29) is 17.1 Å². The highest BCUT2D eigenvalue weighted by molar-refractivity contribution is 6.33. The van der Waals surface area contributed by atoms with Gasteiger partial charge in [-0.15, -0.1) is 13.2 Å². The number of rotatable bonds is 5. The van der Waals surface area contributed by atoms with Crippen molar-refractivity contribution in [1.82, 2.24) is 4.98 Å². The van der Waals surface area contributed by atoms with E-state index in [1.165, 1.54) is 12.1 Å². The third kappa shape index (κ3) is 6.75. The van der Waals surface area contributed by atoms with Crippen LogP contribution in [0.3, 0.4) is 0 Å². The molecule has 0 saturated carbocycles. The van der Waals surface area contributed by atoms with E-state index in [0.717, 1.165) is 36.3 Å². The van der Waals surface area contributed by atoms with Gasteiger partial charge in [0.05, 0.1) is 16.4 Å². The molecule has 1 aliphatic rings. The van der Waals surface area contributed by atoms with Crippen LogP contribution in [-0.2, 0) is 17.8 Å². The molecule has 0 unspecified atom stereocenters. The van der Waals surface area contributed by atoms with Gasteiger partial charge in [0.1, 0.15) is 5.75 Å². The van der Waals surface area contributed by atoms with Gasteiger partial charge in [-0.2, -0.15) is 0 Å². The molecule has 1 aromatic heterocycles. The number of hydrogen-bond acceptors (Lipinski definition) is 4. The van der Waals surface area contributed by atoms with E-state index in [4.69, 9.17) is 11.6 Å². The van der Waals surface area contributed by atoms with Gasteiger partial charge in [0.15, 0.2) is 5.82 Å². The second kappa shape index (κ2) is 8.94. The monoisotopic (exact) mass is 455 g/mol. The molecule has 0 fully saturated rings. The van der Waals surface area contributed by atoms with Gasteiger partial charge in [-0.3, -0.25) is 4.79 Å². The summed E-state index contributed by atoms with van der Waals surface area (Å²) in [5.74, 6) is -0.0449. The molecule has 9 heteroatoms. The van der Waals surface area contributed by atoms with Crippen LogP contribution >= 0.6 is 11.6 Å². The Morgan fingerprint density at radius 1 is 1.23 bits per heavy atom. The molecule has 0 aliphatic carbocycles. The summed E-state index contributed by atoms with van der Waals surface area (Å²) in [6.07, 6.45) is -2.74. The molecule has 2 heterocycles. The lowest BCUT2D eigenvalue weighted by Gasteiger charge is -2.31. The van der Waals surface area contributed by atoms with Crippen LogP contribution in [0.1, 0.15) is 44.9 Å².